The molecule has 0 unspecified atom stereocenters. The van der Waals surface area contributed by atoms with E-state index in [2.05, 4.69) is 5.32 Å². The van der Waals surface area contributed by atoms with Crippen LogP contribution in [0, 0.1) is 5.41 Å². The van der Waals surface area contributed by atoms with Crippen molar-refractivity contribution in [1.82, 2.24) is 10.2 Å². The Bertz CT molecular complexity index is 265. The molecule has 0 aromatic carbocycles. The number of nitrogens with one attached hydrogen (secondary N) is 1. The van der Waals surface area contributed by atoms with Gasteiger partial charge in [0.15, 0.2) is 6.61 Å². The summed E-state index contributed by atoms with van der Waals surface area (Å²) in [6.45, 7) is 8.14. The summed E-state index contributed by atoms with van der Waals surface area (Å²) in [6.07, 6.45) is 0. The van der Waals surface area contributed by atoms with Crippen molar-refractivity contribution < 1.29 is 14.3 Å². The molecular weight excluding hydrogens is 208 g/mol. The zero-order valence-corrected chi connectivity index (χ0v) is 10.2. The zero-order chi connectivity index (χ0) is 12.2. The van der Waals surface area contributed by atoms with E-state index < -0.39 is 5.41 Å². The van der Waals surface area contributed by atoms with Crippen molar-refractivity contribution >= 4 is 11.9 Å². The van der Waals surface area contributed by atoms with Gasteiger partial charge in [-0.1, -0.05) is 0 Å². The number of hydrogen-bond acceptors (Lipinski definition) is 4. The molecule has 1 N–H and O–H groups in total. The second-order valence-electron chi connectivity index (χ2n) is 4.96. The summed E-state index contributed by atoms with van der Waals surface area (Å²) in [5.74, 6) is -0.449. The summed E-state index contributed by atoms with van der Waals surface area (Å²) in [5.41, 5.74) is -0.552. The van der Waals surface area contributed by atoms with Gasteiger partial charge in [0.05, 0.1) is 5.41 Å². The summed E-state index contributed by atoms with van der Waals surface area (Å²) in [5, 5.41) is 3.16. The maximum Gasteiger partial charge on any atom is 0.311 e. The van der Waals surface area contributed by atoms with Crippen LogP contribution in [-0.4, -0.2) is 49.6 Å². The molecule has 0 saturated carbocycles. The first kappa shape index (κ1) is 13.0. The Morgan fingerprint density at radius 3 is 2.31 bits per heavy atom. The minimum absolute atomic E-state index is 0.112. The zero-order valence-electron chi connectivity index (χ0n) is 10.2. The van der Waals surface area contributed by atoms with Gasteiger partial charge in [0.2, 0.25) is 0 Å². The number of esters is 1. The fraction of sp³-hybridized carbons (Fsp3) is 0.818. The third kappa shape index (κ3) is 3.81. The second-order valence-corrected chi connectivity index (χ2v) is 4.96. The summed E-state index contributed by atoms with van der Waals surface area (Å²) >= 11 is 0. The Hall–Kier alpha value is -1.10. The Kier molecular flexibility index (Phi) is 4.29. The number of ether oxygens (including phenoxy) is 1. The summed E-state index contributed by atoms with van der Waals surface area (Å²) in [4.78, 5) is 24.8. The maximum atomic E-state index is 11.7. The van der Waals surface area contributed by atoms with Crippen molar-refractivity contribution in [1.29, 1.82) is 0 Å². The molecule has 1 fully saturated rings. The summed E-state index contributed by atoms with van der Waals surface area (Å²) in [7, 11) is 0. The van der Waals surface area contributed by atoms with Crippen LogP contribution in [-0.2, 0) is 14.3 Å². The van der Waals surface area contributed by atoms with Gasteiger partial charge in [0.1, 0.15) is 0 Å². The van der Waals surface area contributed by atoms with Gasteiger partial charge in [0.25, 0.3) is 5.91 Å². The molecule has 1 aliphatic rings. The van der Waals surface area contributed by atoms with Gasteiger partial charge in [-0.25, -0.2) is 0 Å². The maximum absolute atomic E-state index is 11.7. The number of piperazine rings is 1. The monoisotopic (exact) mass is 228 g/mol. The molecule has 0 atom stereocenters. The van der Waals surface area contributed by atoms with E-state index in [-0.39, 0.29) is 18.5 Å². The van der Waals surface area contributed by atoms with E-state index in [1.165, 1.54) is 0 Å². The lowest BCUT2D eigenvalue weighted by Gasteiger charge is -2.27. The molecule has 92 valence electrons. The minimum Gasteiger partial charge on any atom is -0.455 e. The van der Waals surface area contributed by atoms with Crippen molar-refractivity contribution in [2.45, 2.75) is 20.8 Å². The molecule has 0 aliphatic carbocycles. The molecule has 0 radical (unpaired) electrons. The van der Waals surface area contributed by atoms with Gasteiger partial charge < -0.3 is 15.0 Å². The average molecular weight is 228 g/mol. The van der Waals surface area contributed by atoms with Crippen molar-refractivity contribution in [2.24, 2.45) is 5.41 Å². The highest BCUT2D eigenvalue weighted by Crippen LogP contribution is 2.14. The van der Waals surface area contributed by atoms with E-state index in [0.717, 1.165) is 13.1 Å². The van der Waals surface area contributed by atoms with Crippen molar-refractivity contribution in [2.75, 3.05) is 32.8 Å². The van der Waals surface area contributed by atoms with Gasteiger partial charge in [-0.05, 0) is 20.8 Å². The van der Waals surface area contributed by atoms with E-state index in [4.69, 9.17) is 4.74 Å². The van der Waals surface area contributed by atoms with Crippen LogP contribution < -0.4 is 5.32 Å². The average Bonchev–Trinajstić information content (AvgIpc) is 2.25. The van der Waals surface area contributed by atoms with E-state index in [0.29, 0.717) is 13.1 Å². The Labute approximate surface area is 96.1 Å². The standard InChI is InChI=1S/C11H20N2O3/c1-11(2,3)10(15)16-8-9(14)13-6-4-12-5-7-13/h12H,4-8H2,1-3H3. The van der Waals surface area contributed by atoms with Crippen LogP contribution in [0.5, 0.6) is 0 Å². The SMILES string of the molecule is CC(C)(C)C(=O)OCC(=O)N1CCNCC1. The van der Waals surface area contributed by atoms with Crippen molar-refractivity contribution in [3.8, 4) is 0 Å². The molecule has 16 heavy (non-hydrogen) atoms. The van der Waals surface area contributed by atoms with Crippen LogP contribution in [0.4, 0.5) is 0 Å². The highest BCUT2D eigenvalue weighted by atomic mass is 16.5. The Morgan fingerprint density at radius 2 is 1.81 bits per heavy atom. The van der Waals surface area contributed by atoms with Crippen LogP contribution in [0.15, 0.2) is 0 Å². The molecule has 0 aromatic heterocycles. The van der Waals surface area contributed by atoms with Crippen LogP contribution in [0.1, 0.15) is 20.8 Å². The third-order valence-electron chi connectivity index (χ3n) is 2.41. The first-order chi connectivity index (χ1) is 7.41. The summed E-state index contributed by atoms with van der Waals surface area (Å²) < 4.78 is 4.97. The number of carbonyl (C=O) groups excluding carboxylic acids is 2. The molecule has 1 saturated heterocycles. The predicted molar refractivity (Wildman–Crippen MR) is 59.9 cm³/mol. The van der Waals surface area contributed by atoms with E-state index in [1.54, 1.807) is 25.7 Å². The molecule has 0 bridgehead atoms. The predicted octanol–water partition coefficient (Wildman–Crippen LogP) is 0.00750. The van der Waals surface area contributed by atoms with E-state index in [9.17, 15) is 9.59 Å². The molecule has 1 rings (SSSR count). The van der Waals surface area contributed by atoms with Gasteiger partial charge in [-0.15, -0.1) is 0 Å². The molecule has 5 nitrogen and oxygen atoms in total. The largest absolute Gasteiger partial charge is 0.455 e. The lowest BCUT2D eigenvalue weighted by atomic mass is 9.97. The minimum atomic E-state index is -0.552. The van der Waals surface area contributed by atoms with Gasteiger partial charge >= 0.3 is 5.97 Å². The van der Waals surface area contributed by atoms with Gasteiger partial charge in [0, 0.05) is 26.2 Å². The van der Waals surface area contributed by atoms with E-state index >= 15 is 0 Å². The van der Waals surface area contributed by atoms with Crippen molar-refractivity contribution in [3.05, 3.63) is 0 Å². The fourth-order valence-corrected chi connectivity index (χ4v) is 1.35. The quantitative estimate of drug-likeness (QED) is 0.676. The van der Waals surface area contributed by atoms with Gasteiger partial charge in [-0.3, -0.25) is 9.59 Å². The fourth-order valence-electron chi connectivity index (χ4n) is 1.35. The number of rotatable bonds is 2. The lowest BCUT2D eigenvalue weighted by Crippen LogP contribution is -2.48. The topological polar surface area (TPSA) is 58.6 Å². The second kappa shape index (κ2) is 5.30. The van der Waals surface area contributed by atoms with Crippen LogP contribution >= 0.6 is 0 Å². The number of carbonyl (C=O) groups is 2. The molecule has 0 spiro atoms. The smallest absolute Gasteiger partial charge is 0.311 e. The molecule has 1 heterocycles. The first-order valence-corrected chi connectivity index (χ1v) is 5.57. The first-order valence-electron chi connectivity index (χ1n) is 5.57. The number of nitrogens with zero attached hydrogens (tertiary/aromatic N) is 1. The molecule has 1 aliphatic heterocycles. The molecule has 5 heteroatoms. The number of amides is 1. The third-order valence-corrected chi connectivity index (χ3v) is 2.41. The Morgan fingerprint density at radius 1 is 1.25 bits per heavy atom. The van der Waals surface area contributed by atoms with Crippen LogP contribution in [0.25, 0.3) is 0 Å². The number of hydrogen-bond donors (Lipinski definition) is 1. The van der Waals surface area contributed by atoms with Gasteiger partial charge in [-0.2, -0.15) is 0 Å². The normalized spacial score (nSPS) is 17.1. The Balaban J connectivity index is 2.32. The lowest BCUT2D eigenvalue weighted by molar-refractivity contribution is -0.159. The summed E-state index contributed by atoms with van der Waals surface area (Å²) in [6, 6.07) is 0. The van der Waals surface area contributed by atoms with Crippen molar-refractivity contribution in [3.63, 3.8) is 0 Å². The van der Waals surface area contributed by atoms with Crippen LogP contribution in [0.3, 0.4) is 0 Å². The molecule has 0 aromatic rings. The van der Waals surface area contributed by atoms with Crippen LogP contribution in [0.2, 0.25) is 0 Å². The molecule has 1 amide bonds. The van der Waals surface area contributed by atoms with E-state index in [1.807, 2.05) is 0 Å². The highest BCUT2D eigenvalue weighted by Gasteiger charge is 2.25. The highest BCUT2D eigenvalue weighted by molar-refractivity contribution is 5.82. The molecular formula is C11H20N2O3.